The van der Waals surface area contributed by atoms with E-state index >= 15 is 0 Å². The minimum absolute atomic E-state index is 0.353. The molecule has 0 saturated carbocycles. The maximum absolute atomic E-state index is 10.9. The second kappa shape index (κ2) is 2.82. The number of nitro groups is 1. The molecule has 0 spiro atoms. The molecule has 13 heavy (non-hydrogen) atoms. The highest BCUT2D eigenvalue weighted by Gasteiger charge is 2.10. The van der Waals surface area contributed by atoms with Crippen LogP contribution >= 0.6 is 0 Å². The van der Waals surface area contributed by atoms with E-state index in [1.807, 2.05) is 0 Å². The predicted octanol–water partition coefficient (Wildman–Crippen LogP) is 2.14. The van der Waals surface area contributed by atoms with Crippen LogP contribution in [-0.4, -0.2) is 9.91 Å². The molecule has 0 N–H and O–H groups in total. The Morgan fingerprint density at radius 3 is 2.92 bits per heavy atom. The molecule has 0 aliphatic heterocycles. The van der Waals surface area contributed by atoms with Gasteiger partial charge in [-0.05, 0) is 6.04 Å². The lowest BCUT2D eigenvalue weighted by Gasteiger charge is -1.96. The highest BCUT2D eigenvalue weighted by atomic mass is 16.6. The first-order valence-corrected chi connectivity index (χ1v) is 3.29. The summed E-state index contributed by atoms with van der Waals surface area (Å²) in [4.78, 5) is 13.5. The van der Waals surface area contributed by atoms with Crippen LogP contribution in [0.3, 0.4) is 0 Å². The highest BCUT2D eigenvalue weighted by Crippen LogP contribution is 2.21. The number of hydrogen-bond donors (Lipinski definition) is 0. The zero-order valence-corrected chi connectivity index (χ0v) is 6.21. The Hall–Kier alpha value is -1.97. The Morgan fingerprint density at radius 1 is 1.38 bits per heavy atom. The van der Waals surface area contributed by atoms with Crippen molar-refractivity contribution in [1.82, 2.24) is 4.98 Å². The quantitative estimate of drug-likeness (QED) is 0.499. The Balaban J connectivity index is 3.17. The third-order valence-electron chi connectivity index (χ3n) is 1.42. The summed E-state index contributed by atoms with van der Waals surface area (Å²) >= 11 is 0. The standard InChI is InChI=1S/C9H6N2O2/c12-11(13)8-5-1-3-7-4-2-6-10-9(7)8/h1-6H/i1D,2D,3D,4D,5D,6D. The van der Waals surface area contributed by atoms with Crippen molar-refractivity contribution in [3.05, 3.63) is 46.5 Å². The lowest BCUT2D eigenvalue weighted by Crippen LogP contribution is -1.90. The molecule has 64 valence electrons. The summed E-state index contributed by atoms with van der Waals surface area (Å²) in [5.74, 6) is 0. The average Bonchev–Trinajstić information content (AvgIpc) is 2.33. The number of fused-ring (bicyclic) bond motifs is 1. The van der Waals surface area contributed by atoms with Crippen LogP contribution in [0, 0.1) is 10.1 Å². The van der Waals surface area contributed by atoms with Crippen LogP contribution in [0.4, 0.5) is 5.69 Å². The number of nitrogens with zero attached hydrogens (tertiary/aromatic N) is 2. The van der Waals surface area contributed by atoms with Crippen LogP contribution in [0.15, 0.2) is 36.4 Å². The second-order valence-electron chi connectivity index (χ2n) is 2.18. The predicted molar refractivity (Wildman–Crippen MR) is 48.4 cm³/mol. The Morgan fingerprint density at radius 2 is 2.15 bits per heavy atom. The molecular formula is C9H6N2O2. The zero-order chi connectivity index (χ0) is 14.5. The Bertz CT molecular complexity index is 725. The maximum atomic E-state index is 10.9. The highest BCUT2D eigenvalue weighted by molar-refractivity contribution is 5.86. The van der Waals surface area contributed by atoms with Gasteiger partial charge in [0.15, 0.2) is 0 Å². The fourth-order valence-corrected chi connectivity index (χ4v) is 0.895. The van der Waals surface area contributed by atoms with E-state index in [-0.39, 0.29) is 5.39 Å². The SMILES string of the molecule is [2H]c1nc2c([N+](=O)[O-])c([2H])c([2H])c([2H])c2c([2H])c1[2H]. The van der Waals surface area contributed by atoms with Crippen LogP contribution in [-0.2, 0) is 0 Å². The van der Waals surface area contributed by atoms with Crippen molar-refractivity contribution in [3.8, 4) is 0 Å². The van der Waals surface area contributed by atoms with E-state index in [1.165, 1.54) is 0 Å². The Labute approximate surface area is 82.4 Å². The molecule has 0 atom stereocenters. The van der Waals surface area contributed by atoms with Gasteiger partial charge in [0.05, 0.1) is 13.1 Å². The van der Waals surface area contributed by atoms with E-state index in [2.05, 4.69) is 4.98 Å². The summed E-state index contributed by atoms with van der Waals surface area (Å²) in [6.07, 6.45) is -0.642. The molecule has 4 nitrogen and oxygen atoms in total. The molecule has 1 heterocycles. The van der Waals surface area contributed by atoms with Gasteiger partial charge in [-0.15, -0.1) is 0 Å². The van der Waals surface area contributed by atoms with Gasteiger partial charge in [-0.25, -0.2) is 4.98 Å². The third-order valence-corrected chi connectivity index (χ3v) is 1.42. The number of aromatic nitrogens is 1. The first-order valence-electron chi connectivity index (χ1n) is 6.29. The molecule has 1 aromatic carbocycles. The van der Waals surface area contributed by atoms with E-state index in [4.69, 9.17) is 8.22 Å². The topological polar surface area (TPSA) is 56.0 Å². The van der Waals surface area contributed by atoms with Crippen molar-refractivity contribution in [3.63, 3.8) is 0 Å². The summed E-state index contributed by atoms with van der Waals surface area (Å²) in [5, 5.41) is 10.6. The summed E-state index contributed by atoms with van der Waals surface area (Å²) in [6.45, 7) is 0. The molecule has 0 bridgehead atoms. The van der Waals surface area contributed by atoms with Crippen molar-refractivity contribution < 1.29 is 13.1 Å². The number of hydrogen-bond acceptors (Lipinski definition) is 3. The van der Waals surface area contributed by atoms with Crippen LogP contribution < -0.4 is 0 Å². The normalized spacial score (nSPS) is 16.6. The maximum Gasteiger partial charge on any atom is 0.295 e. The van der Waals surface area contributed by atoms with Gasteiger partial charge in [0.1, 0.15) is 5.52 Å². The second-order valence-corrected chi connectivity index (χ2v) is 2.18. The summed E-state index contributed by atoms with van der Waals surface area (Å²) in [7, 11) is 0. The van der Waals surface area contributed by atoms with E-state index in [1.54, 1.807) is 0 Å². The van der Waals surface area contributed by atoms with E-state index in [0.29, 0.717) is 0 Å². The molecule has 0 aliphatic carbocycles. The largest absolute Gasteiger partial charge is 0.295 e. The summed E-state index contributed by atoms with van der Waals surface area (Å²) < 4.78 is 45.0. The first kappa shape index (κ1) is 3.41. The molecular weight excluding hydrogens is 168 g/mol. The third kappa shape index (κ3) is 1.22. The van der Waals surface area contributed by atoms with Crippen LogP contribution in [0.5, 0.6) is 0 Å². The summed E-state index contributed by atoms with van der Waals surface area (Å²) in [6, 6.07) is -3.21. The number of rotatable bonds is 1. The van der Waals surface area contributed by atoms with Crippen molar-refractivity contribution in [2.24, 2.45) is 0 Å². The molecule has 0 saturated heterocycles. The first-order chi connectivity index (χ1) is 8.77. The molecule has 0 amide bonds. The van der Waals surface area contributed by atoms with Crippen LogP contribution in [0.1, 0.15) is 8.22 Å². The molecule has 0 unspecified atom stereocenters. The average molecular weight is 180 g/mol. The van der Waals surface area contributed by atoms with Gasteiger partial charge < -0.3 is 0 Å². The number of pyridine rings is 1. The fraction of sp³-hybridized carbons (Fsp3) is 0. The van der Waals surface area contributed by atoms with Gasteiger partial charge in [-0.3, -0.25) is 10.1 Å². The fourth-order valence-electron chi connectivity index (χ4n) is 0.895. The molecule has 0 radical (unpaired) electrons. The van der Waals surface area contributed by atoms with Crippen molar-refractivity contribution >= 4 is 16.6 Å². The molecule has 2 aromatic rings. The summed E-state index contributed by atoms with van der Waals surface area (Å²) in [5.41, 5.74) is -1.29. The van der Waals surface area contributed by atoms with Crippen molar-refractivity contribution in [2.75, 3.05) is 0 Å². The van der Waals surface area contributed by atoms with Gasteiger partial charge in [0.2, 0.25) is 0 Å². The van der Waals surface area contributed by atoms with Gasteiger partial charge in [-0.1, -0.05) is 18.1 Å². The minimum Gasteiger partial charge on any atom is -0.258 e. The number of para-hydroxylation sites is 1. The number of nitro benzene ring substituents is 1. The lowest BCUT2D eigenvalue weighted by molar-refractivity contribution is -0.383. The van der Waals surface area contributed by atoms with E-state index in [0.717, 1.165) is 0 Å². The molecule has 2 rings (SSSR count). The van der Waals surface area contributed by atoms with Crippen molar-refractivity contribution in [1.29, 1.82) is 0 Å². The molecule has 1 aromatic heterocycles. The van der Waals surface area contributed by atoms with Crippen molar-refractivity contribution in [2.45, 2.75) is 0 Å². The van der Waals surface area contributed by atoms with E-state index < -0.39 is 52.5 Å². The van der Waals surface area contributed by atoms with Gasteiger partial charge in [0.25, 0.3) is 5.69 Å². The van der Waals surface area contributed by atoms with Crippen LogP contribution in [0.2, 0.25) is 0 Å². The molecule has 4 heteroatoms. The molecule has 0 aliphatic rings. The van der Waals surface area contributed by atoms with E-state index in [9.17, 15) is 10.1 Å². The van der Waals surface area contributed by atoms with Gasteiger partial charge in [0, 0.05) is 17.6 Å². The number of benzene rings is 1. The van der Waals surface area contributed by atoms with Gasteiger partial charge >= 0.3 is 0 Å². The monoisotopic (exact) mass is 180 g/mol. The lowest BCUT2D eigenvalue weighted by atomic mass is 10.2. The zero-order valence-electron chi connectivity index (χ0n) is 12.2. The minimum atomic E-state index is -0.933. The molecule has 0 fully saturated rings. The smallest absolute Gasteiger partial charge is 0.258 e. The van der Waals surface area contributed by atoms with Crippen LogP contribution in [0.25, 0.3) is 10.9 Å². The van der Waals surface area contributed by atoms with Gasteiger partial charge in [-0.2, -0.15) is 0 Å². The Kier molecular flexibility index (Phi) is 0.740.